The number of amides is 1. The number of fused-ring (bicyclic) bond motifs is 2. The highest BCUT2D eigenvalue weighted by molar-refractivity contribution is 5.93. The van der Waals surface area contributed by atoms with Crippen molar-refractivity contribution in [2.75, 3.05) is 6.54 Å². The van der Waals surface area contributed by atoms with Gasteiger partial charge in [0.05, 0.1) is 11.8 Å². The van der Waals surface area contributed by atoms with Gasteiger partial charge in [0.1, 0.15) is 6.26 Å². The third-order valence-corrected chi connectivity index (χ3v) is 4.92. The van der Waals surface area contributed by atoms with Crippen molar-refractivity contribution in [2.24, 2.45) is 5.92 Å². The molecule has 0 radical (unpaired) electrons. The van der Waals surface area contributed by atoms with E-state index in [4.69, 9.17) is 4.42 Å². The van der Waals surface area contributed by atoms with Gasteiger partial charge in [0.2, 0.25) is 0 Å². The van der Waals surface area contributed by atoms with Crippen LogP contribution in [-0.4, -0.2) is 12.5 Å². The third-order valence-electron chi connectivity index (χ3n) is 4.92. The van der Waals surface area contributed by atoms with E-state index in [2.05, 4.69) is 29.6 Å². The molecule has 0 saturated heterocycles. The van der Waals surface area contributed by atoms with Crippen molar-refractivity contribution < 1.29 is 9.21 Å². The average Bonchev–Trinajstić information content (AvgIpc) is 2.83. The van der Waals surface area contributed by atoms with E-state index in [-0.39, 0.29) is 5.91 Å². The highest BCUT2D eigenvalue weighted by atomic mass is 16.3. The topological polar surface area (TPSA) is 42.2 Å². The molecule has 1 saturated carbocycles. The van der Waals surface area contributed by atoms with Crippen LogP contribution >= 0.6 is 0 Å². The molecule has 2 atom stereocenters. The maximum Gasteiger partial charge on any atom is 0.254 e. The number of hydrogen-bond donors (Lipinski definition) is 1. The Balaban J connectivity index is 1.43. The summed E-state index contributed by atoms with van der Waals surface area (Å²) < 4.78 is 4.94. The van der Waals surface area contributed by atoms with Gasteiger partial charge < -0.3 is 9.73 Å². The Labute approximate surface area is 118 Å². The highest BCUT2D eigenvalue weighted by Crippen LogP contribution is 2.61. The second-order valence-electron chi connectivity index (χ2n) is 5.94. The van der Waals surface area contributed by atoms with Gasteiger partial charge >= 0.3 is 0 Å². The molecule has 20 heavy (non-hydrogen) atoms. The lowest BCUT2D eigenvalue weighted by Crippen LogP contribution is -2.27. The van der Waals surface area contributed by atoms with E-state index in [1.165, 1.54) is 42.9 Å². The first-order chi connectivity index (χ1) is 9.79. The van der Waals surface area contributed by atoms with Gasteiger partial charge in [-0.25, -0.2) is 0 Å². The van der Waals surface area contributed by atoms with Gasteiger partial charge in [-0.3, -0.25) is 4.79 Å². The van der Waals surface area contributed by atoms with Crippen LogP contribution in [0.4, 0.5) is 0 Å². The Bertz CT molecular complexity index is 647. The number of carbonyl (C=O) groups excluding carboxylic acids is 1. The molecule has 1 heterocycles. The second kappa shape index (κ2) is 4.23. The predicted octanol–water partition coefficient (Wildman–Crippen LogP) is 2.91. The molecule has 2 aliphatic carbocycles. The Morgan fingerprint density at radius 2 is 2.25 bits per heavy atom. The quantitative estimate of drug-likeness (QED) is 0.929. The van der Waals surface area contributed by atoms with Gasteiger partial charge in [-0.1, -0.05) is 24.3 Å². The fourth-order valence-corrected chi connectivity index (χ4v) is 3.71. The summed E-state index contributed by atoms with van der Waals surface area (Å²) in [4.78, 5) is 11.9. The van der Waals surface area contributed by atoms with Crippen molar-refractivity contribution in [3.8, 4) is 0 Å². The van der Waals surface area contributed by atoms with Crippen LogP contribution in [0.3, 0.4) is 0 Å². The molecule has 4 rings (SSSR count). The highest BCUT2D eigenvalue weighted by Gasteiger charge is 2.57. The van der Waals surface area contributed by atoms with Gasteiger partial charge in [0.25, 0.3) is 5.91 Å². The summed E-state index contributed by atoms with van der Waals surface area (Å²) in [6.07, 6.45) is 6.64. The lowest BCUT2D eigenvalue weighted by molar-refractivity contribution is 0.0950. The Morgan fingerprint density at radius 1 is 1.35 bits per heavy atom. The minimum Gasteiger partial charge on any atom is -0.472 e. The average molecular weight is 267 g/mol. The smallest absolute Gasteiger partial charge is 0.254 e. The van der Waals surface area contributed by atoms with Crippen LogP contribution in [0.2, 0.25) is 0 Å². The zero-order valence-electron chi connectivity index (χ0n) is 11.3. The zero-order chi connectivity index (χ0) is 13.6. The van der Waals surface area contributed by atoms with E-state index < -0.39 is 0 Å². The van der Waals surface area contributed by atoms with Gasteiger partial charge in [0, 0.05) is 12.0 Å². The molecule has 2 aliphatic rings. The largest absolute Gasteiger partial charge is 0.472 e. The normalized spacial score (nSPS) is 26.5. The predicted molar refractivity (Wildman–Crippen MR) is 75.6 cm³/mol. The monoisotopic (exact) mass is 267 g/mol. The van der Waals surface area contributed by atoms with Crippen molar-refractivity contribution in [3.05, 3.63) is 59.5 Å². The molecule has 1 aromatic heterocycles. The van der Waals surface area contributed by atoms with Crippen LogP contribution in [0.15, 0.2) is 47.3 Å². The molecule has 3 heteroatoms. The number of benzene rings is 1. The fraction of sp³-hybridized carbons (Fsp3) is 0.353. The fourth-order valence-electron chi connectivity index (χ4n) is 3.71. The van der Waals surface area contributed by atoms with Crippen LogP contribution in [0.5, 0.6) is 0 Å². The van der Waals surface area contributed by atoms with Crippen LogP contribution in [-0.2, 0) is 11.8 Å². The molecular formula is C17H17NO2. The molecular weight excluding hydrogens is 250 g/mol. The van der Waals surface area contributed by atoms with Crippen molar-refractivity contribution in [3.63, 3.8) is 0 Å². The molecule has 0 aliphatic heterocycles. The minimum atomic E-state index is -0.0351. The van der Waals surface area contributed by atoms with Gasteiger partial charge in [0.15, 0.2) is 0 Å². The summed E-state index contributed by atoms with van der Waals surface area (Å²) in [5.41, 5.74) is 3.96. The summed E-state index contributed by atoms with van der Waals surface area (Å²) in [6.45, 7) is 0.762. The van der Waals surface area contributed by atoms with Crippen LogP contribution in [0.1, 0.15) is 34.3 Å². The van der Waals surface area contributed by atoms with Crippen LogP contribution in [0.25, 0.3) is 0 Å². The van der Waals surface area contributed by atoms with E-state index in [9.17, 15) is 4.79 Å². The Morgan fingerprint density at radius 3 is 3.10 bits per heavy atom. The lowest BCUT2D eigenvalue weighted by atomic mass is 9.95. The van der Waals surface area contributed by atoms with Crippen molar-refractivity contribution >= 4 is 5.91 Å². The van der Waals surface area contributed by atoms with Crippen LogP contribution < -0.4 is 5.32 Å². The molecule has 0 unspecified atom stereocenters. The minimum absolute atomic E-state index is 0.0351. The molecule has 1 fully saturated rings. The van der Waals surface area contributed by atoms with Crippen molar-refractivity contribution in [1.29, 1.82) is 0 Å². The van der Waals surface area contributed by atoms with Gasteiger partial charge in [-0.2, -0.15) is 0 Å². The maximum absolute atomic E-state index is 11.9. The van der Waals surface area contributed by atoms with Crippen molar-refractivity contribution in [2.45, 2.75) is 24.7 Å². The number of rotatable bonds is 3. The van der Waals surface area contributed by atoms with E-state index in [1.807, 2.05) is 0 Å². The van der Waals surface area contributed by atoms with Gasteiger partial charge in [-0.05, 0) is 42.4 Å². The summed E-state index contributed by atoms with van der Waals surface area (Å²) in [5.74, 6) is 0.550. The van der Waals surface area contributed by atoms with E-state index in [0.717, 1.165) is 6.54 Å². The van der Waals surface area contributed by atoms with E-state index in [0.29, 0.717) is 16.9 Å². The first-order valence-corrected chi connectivity index (χ1v) is 7.18. The van der Waals surface area contributed by atoms with Gasteiger partial charge in [-0.15, -0.1) is 0 Å². The molecule has 2 aromatic rings. The zero-order valence-corrected chi connectivity index (χ0v) is 11.3. The summed E-state index contributed by atoms with van der Waals surface area (Å²) in [6, 6.07) is 10.5. The Kier molecular flexibility index (Phi) is 2.49. The Hall–Kier alpha value is -2.03. The summed E-state index contributed by atoms with van der Waals surface area (Å²) in [5, 5.41) is 3.03. The number of hydrogen-bond acceptors (Lipinski definition) is 2. The summed E-state index contributed by atoms with van der Waals surface area (Å²) >= 11 is 0. The molecule has 3 nitrogen and oxygen atoms in total. The van der Waals surface area contributed by atoms with E-state index >= 15 is 0 Å². The summed E-state index contributed by atoms with van der Waals surface area (Å²) in [7, 11) is 0. The first-order valence-electron chi connectivity index (χ1n) is 7.18. The van der Waals surface area contributed by atoms with Crippen molar-refractivity contribution in [1.82, 2.24) is 5.32 Å². The molecule has 0 bridgehead atoms. The number of nitrogens with one attached hydrogen (secondary N) is 1. The number of furan rings is 1. The maximum atomic E-state index is 11.9. The standard InChI is InChI=1S/C17H17NO2/c19-16(13-6-8-20-11-13)18-10-14-9-17(14)7-5-12-3-1-2-4-15(12)17/h1-4,6,8,11,14H,5,7,9-10H2,(H,18,19)/t14-,17-/m1/s1. The SMILES string of the molecule is O=C(NC[C@H]1C[C@]12CCc1ccccc12)c1ccoc1. The molecule has 1 spiro atoms. The number of carbonyl (C=O) groups is 1. The molecule has 1 aromatic carbocycles. The molecule has 102 valence electrons. The third kappa shape index (κ3) is 1.69. The van der Waals surface area contributed by atoms with Crippen LogP contribution in [0, 0.1) is 5.92 Å². The number of aryl methyl sites for hydroxylation is 1. The van der Waals surface area contributed by atoms with E-state index in [1.54, 1.807) is 6.07 Å². The molecule has 1 amide bonds. The molecule has 1 N–H and O–H groups in total. The second-order valence-corrected chi connectivity index (χ2v) is 5.94. The first kappa shape index (κ1) is 11.8. The lowest BCUT2D eigenvalue weighted by Gasteiger charge is -2.11.